The number of hydrogen-bond acceptors (Lipinski definition) is 3. The summed E-state index contributed by atoms with van der Waals surface area (Å²) in [4.78, 5) is 28.7. The zero-order valence-corrected chi connectivity index (χ0v) is 10.8. The Balaban J connectivity index is 1.92. The molecule has 1 fully saturated rings. The maximum absolute atomic E-state index is 12.3. The predicted molar refractivity (Wildman–Crippen MR) is 70.2 cm³/mol. The highest BCUT2D eigenvalue weighted by Gasteiger charge is 2.27. The number of aliphatic hydroxyl groups excluding tert-OH is 1. The average molecular weight is 262 g/mol. The third-order valence-electron chi connectivity index (χ3n) is 4.02. The fourth-order valence-corrected chi connectivity index (χ4v) is 2.93. The molecule has 1 saturated heterocycles. The fraction of sp³-hybridized carbons (Fsp3) is 0.571. The van der Waals surface area contributed by atoms with Gasteiger partial charge in [0.2, 0.25) is 0 Å². The summed E-state index contributed by atoms with van der Waals surface area (Å²) in [6.07, 6.45) is 4.15. The van der Waals surface area contributed by atoms with Gasteiger partial charge < -0.3 is 15.0 Å². The van der Waals surface area contributed by atoms with E-state index in [1.165, 1.54) is 0 Å². The smallest absolute Gasteiger partial charge is 0.261 e. The molecule has 0 saturated carbocycles. The van der Waals surface area contributed by atoms with E-state index in [4.69, 9.17) is 0 Å². The number of nitrogens with one attached hydrogen (secondary N) is 1. The molecule has 1 aromatic rings. The van der Waals surface area contributed by atoms with Crippen LogP contribution in [0.4, 0.5) is 0 Å². The molecule has 0 aromatic carbocycles. The lowest BCUT2D eigenvalue weighted by atomic mass is 9.95. The second-order valence-electron chi connectivity index (χ2n) is 5.42. The summed E-state index contributed by atoms with van der Waals surface area (Å²) < 4.78 is 0. The Morgan fingerprint density at radius 2 is 2.16 bits per heavy atom. The number of H-pyrrole nitrogens is 1. The van der Waals surface area contributed by atoms with Crippen LogP contribution in [0.5, 0.6) is 0 Å². The van der Waals surface area contributed by atoms with Crippen LogP contribution in [-0.2, 0) is 12.8 Å². The Labute approximate surface area is 111 Å². The van der Waals surface area contributed by atoms with Crippen molar-refractivity contribution in [1.29, 1.82) is 0 Å². The quantitative estimate of drug-likeness (QED) is 0.772. The van der Waals surface area contributed by atoms with Gasteiger partial charge in [-0.1, -0.05) is 0 Å². The van der Waals surface area contributed by atoms with Crippen molar-refractivity contribution >= 4 is 5.91 Å². The van der Waals surface area contributed by atoms with E-state index < -0.39 is 6.10 Å². The van der Waals surface area contributed by atoms with Crippen molar-refractivity contribution in [3.8, 4) is 0 Å². The molecule has 1 aromatic heterocycles. The molecule has 0 bridgehead atoms. The number of aliphatic hydroxyl groups is 1. The summed E-state index contributed by atoms with van der Waals surface area (Å²) in [5.74, 6) is -0.258. The topological polar surface area (TPSA) is 73.4 Å². The number of aromatic nitrogens is 1. The largest absolute Gasteiger partial charge is 0.391 e. The molecule has 1 aliphatic carbocycles. The van der Waals surface area contributed by atoms with E-state index in [0.717, 1.165) is 36.9 Å². The van der Waals surface area contributed by atoms with Crippen LogP contribution in [0, 0.1) is 0 Å². The van der Waals surface area contributed by atoms with Gasteiger partial charge in [-0.05, 0) is 43.7 Å². The highest BCUT2D eigenvalue weighted by atomic mass is 16.3. The van der Waals surface area contributed by atoms with E-state index in [2.05, 4.69) is 4.98 Å². The first-order valence-electron chi connectivity index (χ1n) is 6.87. The zero-order chi connectivity index (χ0) is 13.4. The number of aryl methyl sites for hydroxylation is 2. The first-order chi connectivity index (χ1) is 9.15. The van der Waals surface area contributed by atoms with Crippen molar-refractivity contribution in [3.05, 3.63) is 33.2 Å². The van der Waals surface area contributed by atoms with Gasteiger partial charge in [-0.2, -0.15) is 0 Å². The monoisotopic (exact) mass is 262 g/mol. The second kappa shape index (κ2) is 4.81. The minimum absolute atomic E-state index is 0.217. The molecule has 1 aliphatic heterocycles. The Hall–Kier alpha value is -1.62. The first kappa shape index (κ1) is 12.4. The molecule has 0 radical (unpaired) electrons. The first-order valence-corrected chi connectivity index (χ1v) is 6.87. The second-order valence-corrected chi connectivity index (χ2v) is 5.42. The van der Waals surface area contributed by atoms with Gasteiger partial charge in [0.25, 0.3) is 11.5 Å². The molecular formula is C14H18N2O3. The molecule has 2 N–H and O–H groups in total. The highest BCUT2D eigenvalue weighted by Crippen LogP contribution is 2.20. The maximum atomic E-state index is 12.3. The average Bonchev–Trinajstić information content (AvgIpc) is 2.84. The van der Waals surface area contributed by atoms with Crippen LogP contribution in [0.1, 0.15) is 40.9 Å². The number of carbonyl (C=O) groups excluding carboxylic acids is 1. The molecule has 19 heavy (non-hydrogen) atoms. The van der Waals surface area contributed by atoms with Gasteiger partial charge >= 0.3 is 0 Å². The molecular weight excluding hydrogens is 244 g/mol. The minimum atomic E-state index is -0.458. The minimum Gasteiger partial charge on any atom is -0.391 e. The Bertz CT molecular complexity index is 564. The normalized spacial score (nSPS) is 22.4. The van der Waals surface area contributed by atoms with E-state index in [1.54, 1.807) is 11.0 Å². The standard InChI is InChI=1S/C14H18N2O3/c17-10-5-6-16(8-10)14(19)11-7-9-3-1-2-4-12(9)15-13(11)18/h7,10,17H,1-6,8H2,(H,15,18)/t10-/m1/s1. The summed E-state index contributed by atoms with van der Waals surface area (Å²) in [6, 6.07) is 1.75. The maximum Gasteiger partial charge on any atom is 0.261 e. The summed E-state index contributed by atoms with van der Waals surface area (Å²) in [5.41, 5.74) is 1.99. The van der Waals surface area contributed by atoms with E-state index in [0.29, 0.717) is 19.5 Å². The van der Waals surface area contributed by atoms with Gasteiger partial charge in [0.05, 0.1) is 6.10 Å². The highest BCUT2D eigenvalue weighted by molar-refractivity contribution is 5.94. The number of carbonyl (C=O) groups is 1. The van der Waals surface area contributed by atoms with Crippen molar-refractivity contribution in [2.45, 2.75) is 38.2 Å². The van der Waals surface area contributed by atoms with Crippen LogP contribution in [-0.4, -0.2) is 40.1 Å². The molecule has 5 heteroatoms. The van der Waals surface area contributed by atoms with Gasteiger partial charge in [-0.15, -0.1) is 0 Å². The van der Waals surface area contributed by atoms with E-state index in [1.807, 2.05) is 0 Å². The van der Waals surface area contributed by atoms with E-state index in [-0.39, 0.29) is 17.0 Å². The van der Waals surface area contributed by atoms with Gasteiger partial charge in [0, 0.05) is 18.8 Å². The van der Waals surface area contributed by atoms with Crippen LogP contribution in [0.25, 0.3) is 0 Å². The van der Waals surface area contributed by atoms with Crippen LogP contribution in [0.15, 0.2) is 10.9 Å². The summed E-state index contributed by atoms with van der Waals surface area (Å²) in [7, 11) is 0. The number of aromatic amines is 1. The van der Waals surface area contributed by atoms with Crippen molar-refractivity contribution in [2.75, 3.05) is 13.1 Å². The predicted octanol–water partition coefficient (Wildman–Crippen LogP) is 0.460. The van der Waals surface area contributed by atoms with E-state index >= 15 is 0 Å². The number of pyridine rings is 1. The Kier molecular flexibility index (Phi) is 3.14. The lowest BCUT2D eigenvalue weighted by molar-refractivity contribution is 0.0763. The van der Waals surface area contributed by atoms with Gasteiger partial charge in [0.15, 0.2) is 0 Å². The number of nitrogens with zero attached hydrogens (tertiary/aromatic N) is 1. The third-order valence-corrected chi connectivity index (χ3v) is 4.02. The number of hydrogen-bond donors (Lipinski definition) is 2. The molecule has 5 nitrogen and oxygen atoms in total. The Morgan fingerprint density at radius 1 is 1.37 bits per heavy atom. The summed E-state index contributed by atoms with van der Waals surface area (Å²) in [5, 5.41) is 9.48. The number of rotatable bonds is 1. The van der Waals surface area contributed by atoms with Crippen LogP contribution in [0.3, 0.4) is 0 Å². The van der Waals surface area contributed by atoms with Gasteiger partial charge in [0.1, 0.15) is 5.56 Å². The van der Waals surface area contributed by atoms with Gasteiger partial charge in [-0.25, -0.2) is 0 Å². The molecule has 0 unspecified atom stereocenters. The molecule has 1 atom stereocenters. The molecule has 0 spiro atoms. The molecule has 1 amide bonds. The molecule has 102 valence electrons. The number of amides is 1. The third kappa shape index (κ3) is 2.30. The number of likely N-dealkylation sites (tertiary alicyclic amines) is 1. The number of β-amino-alcohol motifs (C(OH)–C–C–N with tert-alkyl or cyclic N) is 1. The summed E-state index contributed by atoms with van der Waals surface area (Å²) in [6.45, 7) is 0.853. The number of fused-ring (bicyclic) bond motifs is 1. The lowest BCUT2D eigenvalue weighted by Crippen LogP contribution is -2.34. The molecule has 2 aliphatic rings. The van der Waals surface area contributed by atoms with Gasteiger partial charge in [-0.3, -0.25) is 9.59 Å². The van der Waals surface area contributed by atoms with Crippen LogP contribution >= 0.6 is 0 Å². The molecule has 2 heterocycles. The van der Waals surface area contributed by atoms with Crippen molar-refractivity contribution in [2.24, 2.45) is 0 Å². The Morgan fingerprint density at radius 3 is 2.89 bits per heavy atom. The fourth-order valence-electron chi connectivity index (χ4n) is 2.93. The van der Waals surface area contributed by atoms with Crippen molar-refractivity contribution in [1.82, 2.24) is 9.88 Å². The van der Waals surface area contributed by atoms with Crippen LogP contribution in [0.2, 0.25) is 0 Å². The van der Waals surface area contributed by atoms with Crippen molar-refractivity contribution in [3.63, 3.8) is 0 Å². The SMILES string of the molecule is O=C(c1cc2c([nH]c1=O)CCCC2)N1CC[C@@H](O)C1. The van der Waals surface area contributed by atoms with E-state index in [9.17, 15) is 14.7 Å². The zero-order valence-electron chi connectivity index (χ0n) is 10.8. The molecule has 3 rings (SSSR count). The van der Waals surface area contributed by atoms with Crippen molar-refractivity contribution < 1.29 is 9.90 Å². The van der Waals surface area contributed by atoms with Crippen LogP contribution < -0.4 is 5.56 Å². The summed E-state index contributed by atoms with van der Waals surface area (Å²) >= 11 is 0. The lowest BCUT2D eigenvalue weighted by Gasteiger charge is -2.18.